The number of rotatable bonds is 4. The molecule has 1 fully saturated rings. The number of carbonyl (C=O) groups is 1. The van der Waals surface area contributed by atoms with Crippen molar-refractivity contribution in [3.8, 4) is 0 Å². The number of H-pyrrole nitrogens is 1. The number of fused-ring (bicyclic) bond motifs is 1. The first kappa shape index (κ1) is 14.6. The molecule has 1 aliphatic rings. The Labute approximate surface area is 137 Å². The van der Waals surface area contributed by atoms with Gasteiger partial charge in [-0.2, -0.15) is 5.10 Å². The molecule has 7 heteroatoms. The molecule has 4 rings (SSSR count). The molecule has 1 amide bonds. The molecule has 1 aliphatic carbocycles. The second kappa shape index (κ2) is 5.59. The number of nitrogens with one attached hydrogen (secondary N) is 2. The summed E-state index contributed by atoms with van der Waals surface area (Å²) in [6.07, 6.45) is 5.44. The Kier molecular flexibility index (Phi) is 3.41. The second-order valence-electron chi connectivity index (χ2n) is 6.08. The highest BCUT2D eigenvalue weighted by Crippen LogP contribution is 2.33. The molecule has 2 N–H and O–H groups in total. The SMILES string of the molecule is Cc1ccn(C2CC2)c(=O)c1C(=O)NCc1[nH]nc2ncccc12. The van der Waals surface area contributed by atoms with E-state index >= 15 is 0 Å². The van der Waals surface area contributed by atoms with Crippen molar-refractivity contribution in [1.82, 2.24) is 25.1 Å². The molecule has 3 aromatic heterocycles. The maximum absolute atomic E-state index is 12.6. The summed E-state index contributed by atoms with van der Waals surface area (Å²) < 4.78 is 1.66. The van der Waals surface area contributed by atoms with E-state index < -0.39 is 0 Å². The fourth-order valence-electron chi connectivity index (χ4n) is 2.85. The summed E-state index contributed by atoms with van der Waals surface area (Å²) in [6.45, 7) is 2.04. The molecule has 0 aromatic carbocycles. The molecule has 1 saturated carbocycles. The van der Waals surface area contributed by atoms with Gasteiger partial charge in [0.05, 0.1) is 12.2 Å². The number of aromatic amines is 1. The minimum absolute atomic E-state index is 0.214. The highest BCUT2D eigenvalue weighted by atomic mass is 16.2. The minimum atomic E-state index is -0.362. The third kappa shape index (κ3) is 2.47. The van der Waals surface area contributed by atoms with Crippen LogP contribution >= 0.6 is 0 Å². The third-order valence-electron chi connectivity index (χ3n) is 4.33. The van der Waals surface area contributed by atoms with Gasteiger partial charge in [-0.1, -0.05) is 0 Å². The molecule has 3 heterocycles. The van der Waals surface area contributed by atoms with Gasteiger partial charge in [0.2, 0.25) is 0 Å². The molecule has 0 atom stereocenters. The monoisotopic (exact) mass is 323 g/mol. The summed E-state index contributed by atoms with van der Waals surface area (Å²) in [4.78, 5) is 29.2. The first-order valence-corrected chi connectivity index (χ1v) is 7.93. The average molecular weight is 323 g/mol. The Bertz CT molecular complexity index is 984. The fraction of sp³-hybridized carbons (Fsp3) is 0.294. The lowest BCUT2D eigenvalue weighted by Gasteiger charge is -2.10. The summed E-state index contributed by atoms with van der Waals surface area (Å²) in [6, 6.07) is 5.77. The van der Waals surface area contributed by atoms with E-state index in [1.54, 1.807) is 23.9 Å². The molecule has 3 aromatic rings. The summed E-state index contributed by atoms with van der Waals surface area (Å²) in [5.41, 5.74) is 2.05. The van der Waals surface area contributed by atoms with Crippen LogP contribution in [0.1, 0.15) is 40.5 Å². The molecule has 0 unspecified atom stereocenters. The Morgan fingerprint density at radius 2 is 2.25 bits per heavy atom. The Morgan fingerprint density at radius 1 is 1.42 bits per heavy atom. The zero-order valence-electron chi connectivity index (χ0n) is 13.2. The van der Waals surface area contributed by atoms with Crippen LogP contribution in [-0.2, 0) is 6.54 Å². The van der Waals surface area contributed by atoms with E-state index in [-0.39, 0.29) is 29.6 Å². The van der Waals surface area contributed by atoms with E-state index in [1.807, 2.05) is 18.2 Å². The number of pyridine rings is 2. The molecule has 0 aliphatic heterocycles. The molecule has 122 valence electrons. The second-order valence-corrected chi connectivity index (χ2v) is 6.08. The van der Waals surface area contributed by atoms with Crippen molar-refractivity contribution < 1.29 is 4.79 Å². The Morgan fingerprint density at radius 3 is 3.04 bits per heavy atom. The van der Waals surface area contributed by atoms with E-state index in [0.717, 1.165) is 23.9 Å². The van der Waals surface area contributed by atoms with Crippen molar-refractivity contribution in [2.45, 2.75) is 32.4 Å². The van der Waals surface area contributed by atoms with E-state index in [0.29, 0.717) is 11.2 Å². The number of hydrogen-bond acceptors (Lipinski definition) is 4. The van der Waals surface area contributed by atoms with Crippen LogP contribution in [0, 0.1) is 6.92 Å². The van der Waals surface area contributed by atoms with Crippen molar-refractivity contribution in [3.63, 3.8) is 0 Å². The van der Waals surface area contributed by atoms with Crippen LogP contribution in [-0.4, -0.2) is 25.7 Å². The van der Waals surface area contributed by atoms with Crippen LogP contribution in [0.3, 0.4) is 0 Å². The fourth-order valence-corrected chi connectivity index (χ4v) is 2.85. The van der Waals surface area contributed by atoms with Crippen molar-refractivity contribution in [1.29, 1.82) is 0 Å². The molecule has 0 spiro atoms. The van der Waals surface area contributed by atoms with Gasteiger partial charge in [0.1, 0.15) is 5.56 Å². The smallest absolute Gasteiger partial charge is 0.263 e. The predicted octanol–water partition coefficient (Wildman–Crippen LogP) is 1.69. The largest absolute Gasteiger partial charge is 0.346 e. The van der Waals surface area contributed by atoms with Crippen LogP contribution in [0.2, 0.25) is 0 Å². The maximum Gasteiger partial charge on any atom is 0.263 e. The highest BCUT2D eigenvalue weighted by molar-refractivity contribution is 5.95. The molecular formula is C17H17N5O2. The van der Waals surface area contributed by atoms with E-state index in [2.05, 4.69) is 20.5 Å². The first-order valence-electron chi connectivity index (χ1n) is 7.93. The Hall–Kier alpha value is -2.96. The van der Waals surface area contributed by atoms with Gasteiger partial charge in [-0.25, -0.2) is 4.98 Å². The van der Waals surface area contributed by atoms with Gasteiger partial charge in [0, 0.05) is 23.8 Å². The van der Waals surface area contributed by atoms with Gasteiger partial charge in [-0.15, -0.1) is 0 Å². The highest BCUT2D eigenvalue weighted by Gasteiger charge is 2.27. The van der Waals surface area contributed by atoms with Crippen molar-refractivity contribution >= 4 is 16.9 Å². The average Bonchev–Trinajstić information content (AvgIpc) is 3.33. The molecule has 0 radical (unpaired) electrons. The van der Waals surface area contributed by atoms with Crippen molar-refractivity contribution in [3.05, 3.63) is 57.8 Å². The third-order valence-corrected chi connectivity index (χ3v) is 4.33. The van der Waals surface area contributed by atoms with Gasteiger partial charge in [-0.05, 0) is 43.5 Å². The summed E-state index contributed by atoms with van der Waals surface area (Å²) in [7, 11) is 0. The van der Waals surface area contributed by atoms with Crippen LogP contribution in [0.5, 0.6) is 0 Å². The summed E-state index contributed by atoms with van der Waals surface area (Å²) >= 11 is 0. The van der Waals surface area contributed by atoms with Gasteiger partial charge < -0.3 is 9.88 Å². The van der Waals surface area contributed by atoms with Crippen LogP contribution < -0.4 is 10.9 Å². The van der Waals surface area contributed by atoms with Crippen molar-refractivity contribution in [2.24, 2.45) is 0 Å². The molecule has 24 heavy (non-hydrogen) atoms. The number of aromatic nitrogens is 4. The lowest BCUT2D eigenvalue weighted by Crippen LogP contribution is -2.33. The standard InChI is InChI=1S/C17H17N5O2/c1-10-6-8-22(11-4-5-11)17(24)14(10)16(23)19-9-13-12-3-2-7-18-15(12)21-20-13/h2-3,6-8,11H,4-5,9H2,1H3,(H,19,23)(H,18,20,21). The Balaban J connectivity index is 1.58. The van der Waals surface area contributed by atoms with E-state index in [4.69, 9.17) is 0 Å². The maximum atomic E-state index is 12.6. The minimum Gasteiger partial charge on any atom is -0.346 e. The van der Waals surface area contributed by atoms with Crippen LogP contribution in [0.25, 0.3) is 11.0 Å². The molecule has 0 saturated heterocycles. The number of aryl methyl sites for hydroxylation is 1. The molecular weight excluding hydrogens is 306 g/mol. The topological polar surface area (TPSA) is 92.7 Å². The zero-order chi connectivity index (χ0) is 16.7. The van der Waals surface area contributed by atoms with Crippen LogP contribution in [0.4, 0.5) is 0 Å². The summed E-state index contributed by atoms with van der Waals surface area (Å²) in [5, 5.41) is 10.6. The first-order chi connectivity index (χ1) is 11.6. The van der Waals surface area contributed by atoms with Gasteiger partial charge >= 0.3 is 0 Å². The van der Waals surface area contributed by atoms with Gasteiger partial charge in [-0.3, -0.25) is 14.7 Å². The zero-order valence-corrected chi connectivity index (χ0v) is 13.2. The molecule has 0 bridgehead atoms. The number of amides is 1. The molecule has 7 nitrogen and oxygen atoms in total. The van der Waals surface area contributed by atoms with E-state index in [9.17, 15) is 9.59 Å². The predicted molar refractivity (Wildman–Crippen MR) is 88.8 cm³/mol. The normalized spacial score (nSPS) is 14.0. The van der Waals surface area contributed by atoms with Gasteiger partial charge in [0.25, 0.3) is 11.5 Å². The number of nitrogens with zero attached hydrogens (tertiary/aromatic N) is 3. The van der Waals surface area contributed by atoms with Gasteiger partial charge in [0.15, 0.2) is 5.65 Å². The quantitative estimate of drug-likeness (QED) is 0.764. The lowest BCUT2D eigenvalue weighted by atomic mass is 10.1. The lowest BCUT2D eigenvalue weighted by molar-refractivity contribution is 0.0948. The number of carbonyl (C=O) groups excluding carboxylic acids is 1. The van der Waals surface area contributed by atoms with Crippen molar-refractivity contribution in [2.75, 3.05) is 0 Å². The van der Waals surface area contributed by atoms with Crippen LogP contribution in [0.15, 0.2) is 35.4 Å². The number of hydrogen-bond donors (Lipinski definition) is 2. The van der Waals surface area contributed by atoms with E-state index in [1.165, 1.54) is 0 Å². The summed E-state index contributed by atoms with van der Waals surface area (Å²) in [5.74, 6) is -0.362.